The predicted octanol–water partition coefficient (Wildman–Crippen LogP) is 10.2. The van der Waals surface area contributed by atoms with Gasteiger partial charge in [0.15, 0.2) is 16.9 Å². The number of pyridine rings is 8. The summed E-state index contributed by atoms with van der Waals surface area (Å²) in [5.74, 6) is -0.527. The first-order chi connectivity index (χ1) is 41.8. The van der Waals surface area contributed by atoms with Gasteiger partial charge < -0.3 is 37.1 Å². The quantitative estimate of drug-likeness (QED) is 0.0710. The number of ether oxygens (including phenoxy) is 2. The number of nitrogens with zero attached hydrogens (tertiary/aromatic N) is 14. The third-order valence-electron chi connectivity index (χ3n) is 13.2. The number of carbonyl (C=O) groups excluding carboxylic acids is 2. The second-order valence-electron chi connectivity index (χ2n) is 19.6. The van der Waals surface area contributed by atoms with Gasteiger partial charge in [0, 0.05) is 96.6 Å². The van der Waals surface area contributed by atoms with E-state index < -0.39 is 11.9 Å². The maximum absolute atomic E-state index is 12.7. The van der Waals surface area contributed by atoms with E-state index in [-0.39, 0.29) is 31.3 Å². The second-order valence-corrected chi connectivity index (χ2v) is 20.9. The zero-order valence-electron chi connectivity index (χ0n) is 48.4. The molecule has 1 saturated heterocycles. The summed E-state index contributed by atoms with van der Waals surface area (Å²) in [4.78, 5) is 69.0. The average molecular weight is 1290 g/mol. The molecule has 8 N–H and O–H groups in total. The van der Waals surface area contributed by atoms with Crippen LogP contribution in [0.1, 0.15) is 102 Å². The number of esters is 1. The highest BCUT2D eigenvalue weighted by molar-refractivity contribution is 6.31. The fraction of sp³-hybridized carbons (Fsp3) is 0.246. The first kappa shape index (κ1) is 68.8. The van der Waals surface area contributed by atoms with Crippen LogP contribution in [-0.2, 0) is 42.2 Å². The number of nitrogens with two attached hydrogens (primary N) is 3. The molecule has 12 rings (SSSR count). The number of fused-ring (bicyclic) bond motifs is 3. The lowest BCUT2D eigenvalue weighted by atomic mass is 10.1. The summed E-state index contributed by atoms with van der Waals surface area (Å²) < 4.78 is 14.7. The highest BCUT2D eigenvalue weighted by Crippen LogP contribution is 2.21. The number of carbonyl (C=O) groups is 3. The fourth-order valence-electron chi connectivity index (χ4n) is 8.99. The molecule has 89 heavy (non-hydrogen) atoms. The molecule has 11 aromatic rings. The normalized spacial score (nSPS) is 11.3. The van der Waals surface area contributed by atoms with E-state index in [0.717, 1.165) is 63.0 Å². The van der Waals surface area contributed by atoms with Gasteiger partial charge in [-0.25, -0.2) is 48.6 Å². The van der Waals surface area contributed by atoms with Crippen LogP contribution in [0.4, 0.5) is 11.6 Å². The first-order valence-electron chi connectivity index (χ1n) is 26.9. The Morgan fingerprint density at radius 3 is 1.36 bits per heavy atom. The highest BCUT2D eigenvalue weighted by Gasteiger charge is 2.15. The topological polar surface area (TPSA) is 337 Å². The Morgan fingerprint density at radius 1 is 0.584 bits per heavy atom. The number of hydrogen-bond donors (Lipinski definition) is 5. The molecule has 0 spiro atoms. The van der Waals surface area contributed by atoms with Crippen molar-refractivity contribution >= 4 is 110 Å². The minimum absolute atomic E-state index is 0. The number of rotatable bonds is 12. The van der Waals surface area contributed by atoms with E-state index in [2.05, 4.69) is 60.5 Å². The number of halogens is 4. The summed E-state index contributed by atoms with van der Waals surface area (Å²) in [6, 6.07) is 18.7. The van der Waals surface area contributed by atoms with Gasteiger partial charge in [-0.1, -0.05) is 42.2 Å². The van der Waals surface area contributed by atoms with Crippen molar-refractivity contribution in [1.82, 2.24) is 74.5 Å². The van der Waals surface area contributed by atoms with Crippen molar-refractivity contribution in [2.24, 2.45) is 5.73 Å². The summed E-state index contributed by atoms with van der Waals surface area (Å²) in [6.45, 7) is 11.8. The van der Waals surface area contributed by atoms with Crippen LogP contribution < -0.4 is 22.5 Å². The fourth-order valence-corrected chi connectivity index (χ4v) is 9.49. The first-order valence-corrected chi connectivity index (χ1v) is 28.1. The van der Waals surface area contributed by atoms with Crippen molar-refractivity contribution in [2.45, 2.75) is 80.7 Å². The molecule has 0 unspecified atom stereocenters. The standard InChI is InChI=1S/C21H20ClN7O.C14H11ClN4O2.C13H9ClN4O2.C8H13N3.C4H8O.CH4.ClH/c1-12-5-19(23)28-13(2)18(12)10-26-21(30)14-3-4-24-17(7-14)11-29-20-15(8-27-29)6-16(22)9-25-20;1-21-14(20)9-2-3-16-12(5-9)8-19-13-10(6-18-19)4-11(15)7-17-13;14-10-3-9-5-17-18(12(9)16-6-10)7-11-4-8(13(19)20)1-2-15-11;1-5-3-8(10)11-6(2)7(5)4-9;1-2-4-5-3-1;;/h3-9H,10-11H2,1-2H3,(H2,23,28)(H,26,30);2-7H,8H2,1H3;1-6H,7H2,(H,19,20);3H,4,9H2,1-2H3,(H2,10,11);1-4H2;1H4;1H. The van der Waals surface area contributed by atoms with E-state index in [1.54, 1.807) is 112 Å². The number of anilines is 2. The third kappa shape index (κ3) is 18.9. The molecule has 12 heterocycles. The lowest BCUT2D eigenvalue weighted by molar-refractivity contribution is 0.0599. The van der Waals surface area contributed by atoms with Crippen LogP contribution >= 0.6 is 47.2 Å². The van der Waals surface area contributed by atoms with Gasteiger partial charge in [0.05, 0.1) is 88.6 Å². The van der Waals surface area contributed by atoms with E-state index in [1.807, 2.05) is 33.8 Å². The molecule has 0 atom stereocenters. The molecule has 11 aromatic heterocycles. The maximum Gasteiger partial charge on any atom is 0.337 e. The second kappa shape index (κ2) is 32.6. The monoisotopic (exact) mass is 1290 g/mol. The van der Waals surface area contributed by atoms with Crippen LogP contribution in [0.2, 0.25) is 15.1 Å². The van der Waals surface area contributed by atoms with E-state index in [9.17, 15) is 14.4 Å². The summed E-state index contributed by atoms with van der Waals surface area (Å²) >= 11 is 17.7. The van der Waals surface area contributed by atoms with Crippen LogP contribution in [0.3, 0.4) is 0 Å². The van der Waals surface area contributed by atoms with Crippen LogP contribution in [0.25, 0.3) is 33.1 Å². The summed E-state index contributed by atoms with van der Waals surface area (Å²) in [6.07, 6.45) is 17.0. The van der Waals surface area contributed by atoms with Crippen molar-refractivity contribution in [1.29, 1.82) is 0 Å². The molecular weight excluding hydrogens is 1220 g/mol. The molecule has 24 nitrogen and oxygen atoms in total. The van der Waals surface area contributed by atoms with Gasteiger partial charge in [-0.15, -0.1) is 12.4 Å². The molecule has 1 aliphatic rings. The number of nitrogens with one attached hydrogen (secondary N) is 1. The lowest BCUT2D eigenvalue weighted by Gasteiger charge is -2.12. The van der Waals surface area contributed by atoms with Crippen LogP contribution in [-0.4, -0.2) is 112 Å². The van der Waals surface area contributed by atoms with Crippen molar-refractivity contribution in [2.75, 3.05) is 31.8 Å². The van der Waals surface area contributed by atoms with Gasteiger partial charge in [0.1, 0.15) is 11.6 Å². The maximum atomic E-state index is 12.7. The number of amides is 1. The lowest BCUT2D eigenvalue weighted by Crippen LogP contribution is -2.24. The molecule has 0 aromatic carbocycles. The Labute approximate surface area is 533 Å². The molecule has 1 aliphatic heterocycles. The van der Waals surface area contributed by atoms with Gasteiger partial charge in [-0.2, -0.15) is 15.3 Å². The number of aromatic carboxylic acids is 1. The van der Waals surface area contributed by atoms with Crippen LogP contribution in [0.15, 0.2) is 123 Å². The predicted molar refractivity (Wildman–Crippen MR) is 345 cm³/mol. The minimum atomic E-state index is -0.983. The zero-order valence-corrected chi connectivity index (χ0v) is 51.5. The number of aryl methyl sites for hydroxylation is 4. The smallest absolute Gasteiger partial charge is 0.337 e. The number of aromatic nitrogens is 14. The van der Waals surface area contributed by atoms with E-state index in [4.69, 9.17) is 66.6 Å². The molecule has 0 bridgehead atoms. The minimum Gasteiger partial charge on any atom is -0.478 e. The molecule has 0 saturated carbocycles. The molecule has 1 fully saturated rings. The largest absolute Gasteiger partial charge is 0.478 e. The zero-order chi connectivity index (χ0) is 62.1. The SMILES string of the molecule is C.C1CCOC1.COC(=O)c1ccnc(Cn2ncc3cc(Cl)cnc32)c1.Cc1cc(N)nc(C)c1CN.Cc1cc(N)nc(C)c1CNC(=O)c1ccnc(Cn2ncc3cc(Cl)cnc32)c1.Cl.O=C(O)c1ccnc(Cn2ncc3cc(Cl)cnc32)c1. The van der Waals surface area contributed by atoms with Crippen LogP contribution in [0, 0.1) is 27.7 Å². The summed E-state index contributed by atoms with van der Waals surface area (Å²) in [5.41, 5.74) is 28.0. The van der Waals surface area contributed by atoms with E-state index in [0.29, 0.717) is 105 Å². The highest BCUT2D eigenvalue weighted by atomic mass is 35.5. The Hall–Kier alpha value is -9.30. The van der Waals surface area contributed by atoms with Gasteiger partial charge in [-0.05, 0) is 130 Å². The number of hydrogen-bond acceptors (Lipinski definition) is 19. The molecular formula is C61H66Cl4N18O6. The van der Waals surface area contributed by atoms with E-state index >= 15 is 0 Å². The molecule has 28 heteroatoms. The Balaban J connectivity index is 0.000000190. The average Bonchev–Trinajstić information content (AvgIpc) is 2.65. The van der Waals surface area contributed by atoms with Crippen molar-refractivity contribution in [3.05, 3.63) is 205 Å². The molecule has 1 amide bonds. The summed E-state index contributed by atoms with van der Waals surface area (Å²) in [5, 5.41) is 28.9. The number of nitrogen functional groups attached to an aromatic ring is 2. The molecule has 464 valence electrons. The Bertz CT molecular complexity index is 4180. The van der Waals surface area contributed by atoms with Gasteiger partial charge in [-0.3, -0.25) is 19.7 Å². The Kier molecular flexibility index (Phi) is 25.2. The number of methoxy groups -OCH3 is 1. The Morgan fingerprint density at radius 2 is 0.978 bits per heavy atom. The van der Waals surface area contributed by atoms with Gasteiger partial charge in [0.2, 0.25) is 0 Å². The molecule has 0 radical (unpaired) electrons. The van der Waals surface area contributed by atoms with Crippen molar-refractivity contribution in [3.8, 4) is 0 Å². The summed E-state index contributed by atoms with van der Waals surface area (Å²) in [7, 11) is 1.34. The van der Waals surface area contributed by atoms with Gasteiger partial charge in [0.25, 0.3) is 5.91 Å². The van der Waals surface area contributed by atoms with Crippen molar-refractivity contribution in [3.63, 3.8) is 0 Å². The third-order valence-corrected chi connectivity index (χ3v) is 13.9. The molecule has 0 aliphatic carbocycles. The van der Waals surface area contributed by atoms with Crippen molar-refractivity contribution < 1.29 is 29.0 Å². The number of carboxylic acids is 1. The number of carboxylic acid groups (broad SMARTS) is 1. The van der Waals surface area contributed by atoms with E-state index in [1.165, 1.54) is 38.3 Å². The van der Waals surface area contributed by atoms with Crippen LogP contribution in [0.5, 0.6) is 0 Å². The van der Waals surface area contributed by atoms with Gasteiger partial charge >= 0.3 is 11.9 Å².